The number of piperazine rings is 1. The largest absolute Gasteiger partial charge is 0.480 e. The number of benzene rings is 1. The molecule has 5 rings (SSSR count). The Balaban J connectivity index is 1.64. The number of anilines is 1. The third-order valence-electron chi connectivity index (χ3n) is 5.15. The minimum atomic E-state index is 0.435. The van der Waals surface area contributed by atoms with Crippen LogP contribution in [0.1, 0.15) is 6.92 Å². The first-order valence-corrected chi connectivity index (χ1v) is 9.13. The Labute approximate surface area is 156 Å². The van der Waals surface area contributed by atoms with Crippen LogP contribution in [0.5, 0.6) is 5.88 Å². The van der Waals surface area contributed by atoms with Gasteiger partial charge in [0.05, 0.1) is 13.3 Å². The fraction of sp³-hybridized carbons (Fsp3) is 0.300. The van der Waals surface area contributed by atoms with E-state index in [9.17, 15) is 0 Å². The maximum absolute atomic E-state index is 6.18. The van der Waals surface area contributed by atoms with E-state index in [2.05, 4.69) is 45.4 Å². The van der Waals surface area contributed by atoms with E-state index in [1.165, 1.54) is 5.69 Å². The third-order valence-corrected chi connectivity index (χ3v) is 5.15. The van der Waals surface area contributed by atoms with Gasteiger partial charge in [0.15, 0.2) is 11.4 Å². The van der Waals surface area contributed by atoms with E-state index in [0.29, 0.717) is 11.9 Å². The van der Waals surface area contributed by atoms with Crippen LogP contribution in [0, 0.1) is 0 Å². The molecule has 7 nitrogen and oxygen atoms in total. The third kappa shape index (κ3) is 2.62. The molecule has 0 bridgehead atoms. The SMILES string of the molecule is COc1ccc2ncc(-c3cc4c(N5CCNC[C@@H]5C)cccc4o3)n2n1. The topological polar surface area (TPSA) is 67.8 Å². The number of hydrogen-bond donors (Lipinski definition) is 1. The van der Waals surface area contributed by atoms with E-state index < -0.39 is 0 Å². The highest BCUT2D eigenvalue weighted by molar-refractivity contribution is 5.94. The number of methoxy groups -OCH3 is 1. The molecule has 1 saturated heterocycles. The van der Waals surface area contributed by atoms with Crippen molar-refractivity contribution >= 4 is 22.3 Å². The van der Waals surface area contributed by atoms with Gasteiger partial charge >= 0.3 is 0 Å². The molecule has 1 aliphatic rings. The van der Waals surface area contributed by atoms with E-state index in [1.807, 2.05) is 12.1 Å². The van der Waals surface area contributed by atoms with Gasteiger partial charge in [-0.3, -0.25) is 0 Å². The van der Waals surface area contributed by atoms with Crippen molar-refractivity contribution in [3.05, 3.63) is 42.6 Å². The summed E-state index contributed by atoms with van der Waals surface area (Å²) in [5, 5.41) is 9.03. The van der Waals surface area contributed by atoms with Crippen LogP contribution >= 0.6 is 0 Å². The predicted octanol–water partition coefficient (Wildman–Crippen LogP) is 2.95. The fourth-order valence-electron chi connectivity index (χ4n) is 3.75. The summed E-state index contributed by atoms with van der Waals surface area (Å²) in [6.07, 6.45) is 1.78. The number of furan rings is 1. The van der Waals surface area contributed by atoms with Gasteiger partial charge < -0.3 is 19.4 Å². The number of nitrogens with one attached hydrogen (secondary N) is 1. The van der Waals surface area contributed by atoms with Crippen LogP contribution in [0.25, 0.3) is 28.1 Å². The Bertz CT molecular complexity index is 1120. The maximum atomic E-state index is 6.18. The van der Waals surface area contributed by atoms with Crippen molar-refractivity contribution in [3.8, 4) is 17.3 Å². The highest BCUT2D eigenvalue weighted by atomic mass is 16.5. The number of rotatable bonds is 3. The van der Waals surface area contributed by atoms with Gasteiger partial charge in [0.1, 0.15) is 11.3 Å². The minimum absolute atomic E-state index is 0.435. The fourth-order valence-corrected chi connectivity index (χ4v) is 3.75. The Morgan fingerprint density at radius 2 is 2.19 bits per heavy atom. The Kier molecular flexibility index (Phi) is 3.75. The molecule has 1 aromatic carbocycles. The smallest absolute Gasteiger partial charge is 0.231 e. The van der Waals surface area contributed by atoms with Crippen LogP contribution in [0.15, 0.2) is 47.0 Å². The molecular weight excluding hydrogens is 342 g/mol. The lowest BCUT2D eigenvalue weighted by molar-refractivity contribution is 0.390. The molecule has 0 saturated carbocycles. The average Bonchev–Trinajstić information content (AvgIpc) is 3.31. The molecule has 0 spiro atoms. The molecule has 1 N–H and O–H groups in total. The highest BCUT2D eigenvalue weighted by Gasteiger charge is 2.22. The van der Waals surface area contributed by atoms with E-state index in [-0.39, 0.29) is 0 Å². The predicted molar refractivity (Wildman–Crippen MR) is 104 cm³/mol. The molecule has 3 aromatic heterocycles. The summed E-state index contributed by atoms with van der Waals surface area (Å²) in [5.41, 5.74) is 3.63. The zero-order valence-corrected chi connectivity index (χ0v) is 15.3. The minimum Gasteiger partial charge on any atom is -0.480 e. The molecule has 0 amide bonds. The van der Waals surface area contributed by atoms with Gasteiger partial charge in [0.2, 0.25) is 5.88 Å². The van der Waals surface area contributed by atoms with Gasteiger partial charge in [0, 0.05) is 42.8 Å². The van der Waals surface area contributed by atoms with Crippen molar-refractivity contribution in [2.75, 3.05) is 31.6 Å². The molecule has 1 atom stereocenters. The van der Waals surface area contributed by atoms with Crippen LogP contribution in [-0.4, -0.2) is 47.4 Å². The number of imidazole rings is 1. The second kappa shape index (κ2) is 6.28. The molecule has 1 fully saturated rings. The molecular formula is C20H21N5O2. The van der Waals surface area contributed by atoms with Crippen molar-refractivity contribution in [2.24, 2.45) is 0 Å². The molecule has 4 aromatic rings. The summed E-state index contributed by atoms with van der Waals surface area (Å²) in [6, 6.07) is 12.4. The molecule has 1 aliphatic heterocycles. The van der Waals surface area contributed by atoms with E-state index in [4.69, 9.17) is 9.15 Å². The standard InChI is InChI=1S/C20H21N5O2/c1-13-11-21-8-9-24(13)15-4-3-5-17-14(15)10-18(27-17)16-12-22-19-6-7-20(26-2)23-25(16)19/h3-7,10,12-13,21H,8-9,11H2,1-2H3/t13-/m0/s1. The van der Waals surface area contributed by atoms with Crippen LogP contribution in [0.2, 0.25) is 0 Å². The van der Waals surface area contributed by atoms with Crippen LogP contribution in [0.4, 0.5) is 5.69 Å². The molecule has 7 heteroatoms. The highest BCUT2D eigenvalue weighted by Crippen LogP contribution is 2.35. The first-order valence-electron chi connectivity index (χ1n) is 9.13. The van der Waals surface area contributed by atoms with E-state index in [0.717, 1.165) is 47.7 Å². The lowest BCUT2D eigenvalue weighted by Gasteiger charge is -2.36. The zero-order chi connectivity index (χ0) is 18.4. The first kappa shape index (κ1) is 16.1. The molecule has 0 aliphatic carbocycles. The van der Waals surface area contributed by atoms with Crippen molar-refractivity contribution in [3.63, 3.8) is 0 Å². The number of fused-ring (bicyclic) bond motifs is 2. The van der Waals surface area contributed by atoms with Gasteiger partial charge in [-0.2, -0.15) is 0 Å². The second-order valence-corrected chi connectivity index (χ2v) is 6.84. The maximum Gasteiger partial charge on any atom is 0.231 e. The van der Waals surface area contributed by atoms with Gasteiger partial charge in [-0.25, -0.2) is 9.50 Å². The molecule has 4 heterocycles. The summed E-state index contributed by atoms with van der Waals surface area (Å²) in [4.78, 5) is 6.87. The van der Waals surface area contributed by atoms with Gasteiger partial charge in [-0.05, 0) is 31.2 Å². The summed E-state index contributed by atoms with van der Waals surface area (Å²) < 4.78 is 13.2. The second-order valence-electron chi connectivity index (χ2n) is 6.84. The van der Waals surface area contributed by atoms with Crippen LogP contribution < -0.4 is 15.0 Å². The number of hydrogen-bond acceptors (Lipinski definition) is 6. The molecule has 27 heavy (non-hydrogen) atoms. The summed E-state index contributed by atoms with van der Waals surface area (Å²) in [5.74, 6) is 1.28. The normalized spacial score (nSPS) is 17.7. The number of nitrogens with zero attached hydrogens (tertiary/aromatic N) is 4. The van der Waals surface area contributed by atoms with Crippen LogP contribution in [-0.2, 0) is 0 Å². The monoisotopic (exact) mass is 363 g/mol. The first-order chi connectivity index (χ1) is 13.2. The van der Waals surface area contributed by atoms with Crippen LogP contribution in [0.3, 0.4) is 0 Å². The van der Waals surface area contributed by atoms with Crippen molar-refractivity contribution < 1.29 is 9.15 Å². The average molecular weight is 363 g/mol. The Hall–Kier alpha value is -3.06. The van der Waals surface area contributed by atoms with Crippen molar-refractivity contribution in [2.45, 2.75) is 13.0 Å². The molecule has 138 valence electrons. The van der Waals surface area contributed by atoms with E-state index in [1.54, 1.807) is 23.9 Å². The summed E-state index contributed by atoms with van der Waals surface area (Å²) in [7, 11) is 1.60. The lowest BCUT2D eigenvalue weighted by Crippen LogP contribution is -2.49. The lowest BCUT2D eigenvalue weighted by atomic mass is 10.1. The zero-order valence-electron chi connectivity index (χ0n) is 15.3. The summed E-state index contributed by atoms with van der Waals surface area (Å²) >= 11 is 0. The van der Waals surface area contributed by atoms with Gasteiger partial charge in [-0.1, -0.05) is 6.07 Å². The van der Waals surface area contributed by atoms with Crippen molar-refractivity contribution in [1.29, 1.82) is 0 Å². The van der Waals surface area contributed by atoms with E-state index >= 15 is 0 Å². The molecule has 0 radical (unpaired) electrons. The Morgan fingerprint density at radius 1 is 1.26 bits per heavy atom. The van der Waals surface area contributed by atoms with Crippen molar-refractivity contribution in [1.82, 2.24) is 19.9 Å². The quantitative estimate of drug-likeness (QED) is 0.604. The van der Waals surface area contributed by atoms with Gasteiger partial charge in [0.25, 0.3) is 0 Å². The van der Waals surface area contributed by atoms with Gasteiger partial charge in [-0.15, -0.1) is 5.10 Å². The number of aromatic nitrogens is 3. The Morgan fingerprint density at radius 3 is 3.04 bits per heavy atom. The molecule has 0 unspecified atom stereocenters. The number of ether oxygens (including phenoxy) is 1. The summed E-state index contributed by atoms with van der Waals surface area (Å²) in [6.45, 7) is 5.20.